The van der Waals surface area contributed by atoms with Gasteiger partial charge in [0.2, 0.25) is 0 Å². The van der Waals surface area contributed by atoms with Crippen molar-refractivity contribution in [3.8, 4) is 11.3 Å². The number of likely N-dealkylation sites (N-methyl/N-ethyl adjacent to an activating group) is 1. The monoisotopic (exact) mass is 459 g/mol. The van der Waals surface area contributed by atoms with E-state index >= 15 is 0 Å². The molecule has 0 atom stereocenters. The number of furan rings is 1. The summed E-state index contributed by atoms with van der Waals surface area (Å²) >= 11 is 6.84. The molecule has 1 aromatic heterocycles. The normalized spacial score (nSPS) is 16.8. The van der Waals surface area contributed by atoms with E-state index in [1.54, 1.807) is 0 Å². The molecule has 3 rings (SSSR count). The first-order valence-corrected chi connectivity index (χ1v) is 10.1. The molecule has 1 fully saturated rings. The zero-order valence-corrected chi connectivity index (χ0v) is 18.0. The van der Waals surface area contributed by atoms with Gasteiger partial charge in [0.15, 0.2) is 0 Å². The molecule has 1 aliphatic rings. The number of imide groups is 1. The molecule has 0 saturated carbocycles. The standard InChI is InChI=1S/C20H19ClF3N2O3S/c1-26(2,3)9-8-25-18(27)17(30-19(25)28)11-13-5-7-16(29-13)14-10-12(20(22,23)24)4-6-15(14)21/h4-7,10-11H,8-9H2,1-3H3/q+1/b17-11-. The van der Waals surface area contributed by atoms with E-state index in [1.807, 2.05) is 21.1 Å². The van der Waals surface area contributed by atoms with Crippen LogP contribution in [-0.2, 0) is 11.0 Å². The third kappa shape index (κ3) is 5.08. The Morgan fingerprint density at radius 2 is 1.87 bits per heavy atom. The maximum atomic E-state index is 13.0. The van der Waals surface area contributed by atoms with Crippen LogP contribution in [0.25, 0.3) is 17.4 Å². The van der Waals surface area contributed by atoms with Crippen molar-refractivity contribution < 1.29 is 31.7 Å². The summed E-state index contributed by atoms with van der Waals surface area (Å²) in [5, 5.41) is -0.267. The molecule has 2 heterocycles. The van der Waals surface area contributed by atoms with Crippen LogP contribution in [0.15, 0.2) is 39.7 Å². The van der Waals surface area contributed by atoms with E-state index in [1.165, 1.54) is 23.1 Å². The van der Waals surface area contributed by atoms with Gasteiger partial charge in [-0.25, -0.2) is 0 Å². The topological polar surface area (TPSA) is 50.5 Å². The third-order valence-corrected chi connectivity index (χ3v) is 5.56. The second-order valence-electron chi connectivity index (χ2n) is 7.74. The number of amides is 2. The summed E-state index contributed by atoms with van der Waals surface area (Å²) in [6.45, 7) is 0.888. The molecule has 5 nitrogen and oxygen atoms in total. The highest BCUT2D eigenvalue weighted by atomic mass is 35.5. The molecule has 0 bridgehead atoms. The first kappa shape index (κ1) is 22.5. The van der Waals surface area contributed by atoms with Gasteiger partial charge in [-0.1, -0.05) is 11.6 Å². The van der Waals surface area contributed by atoms with E-state index in [4.69, 9.17) is 16.0 Å². The van der Waals surface area contributed by atoms with Gasteiger partial charge in [0.05, 0.1) is 49.7 Å². The van der Waals surface area contributed by atoms with E-state index in [9.17, 15) is 22.8 Å². The number of carbonyl (C=O) groups is 2. The van der Waals surface area contributed by atoms with Crippen LogP contribution in [0.2, 0.25) is 5.02 Å². The Bertz CT molecular complexity index is 1030. The summed E-state index contributed by atoms with van der Waals surface area (Å²) in [5.74, 6) is -0.0642. The molecule has 0 spiro atoms. The lowest BCUT2D eigenvalue weighted by atomic mass is 10.1. The number of nitrogens with zero attached hydrogens (tertiary/aromatic N) is 2. The number of thioether (sulfide) groups is 1. The second-order valence-corrected chi connectivity index (χ2v) is 9.14. The molecule has 1 aromatic carbocycles. The molecule has 2 aromatic rings. The lowest BCUT2D eigenvalue weighted by Crippen LogP contribution is -2.43. The first-order valence-electron chi connectivity index (χ1n) is 8.88. The van der Waals surface area contributed by atoms with E-state index in [0.717, 1.165) is 30.0 Å². The maximum absolute atomic E-state index is 13.0. The number of halogens is 4. The summed E-state index contributed by atoms with van der Waals surface area (Å²) in [6, 6.07) is 5.92. The molecule has 160 valence electrons. The van der Waals surface area contributed by atoms with Crippen molar-refractivity contribution in [3.05, 3.63) is 51.6 Å². The summed E-state index contributed by atoms with van der Waals surface area (Å²) in [7, 11) is 5.87. The fourth-order valence-electron chi connectivity index (χ4n) is 2.69. The number of rotatable bonds is 5. The Kier molecular flexibility index (Phi) is 6.08. The van der Waals surface area contributed by atoms with Crippen molar-refractivity contribution in [2.45, 2.75) is 6.18 Å². The summed E-state index contributed by atoms with van der Waals surface area (Å²) in [4.78, 5) is 26.1. The summed E-state index contributed by atoms with van der Waals surface area (Å²) < 4.78 is 45.1. The number of quaternary nitrogens is 1. The summed E-state index contributed by atoms with van der Waals surface area (Å²) in [6.07, 6.45) is -3.11. The smallest absolute Gasteiger partial charge is 0.416 e. The van der Waals surface area contributed by atoms with Crippen LogP contribution < -0.4 is 0 Å². The van der Waals surface area contributed by atoms with Gasteiger partial charge in [-0.15, -0.1) is 0 Å². The predicted molar refractivity (Wildman–Crippen MR) is 110 cm³/mol. The van der Waals surface area contributed by atoms with E-state index in [2.05, 4.69) is 0 Å². The highest BCUT2D eigenvalue weighted by Crippen LogP contribution is 2.37. The number of hydrogen-bond donors (Lipinski definition) is 0. The number of hydrogen-bond acceptors (Lipinski definition) is 4. The number of alkyl halides is 3. The molecule has 2 amide bonds. The minimum absolute atomic E-state index is 0.0854. The van der Waals surface area contributed by atoms with Crippen LogP contribution in [0.3, 0.4) is 0 Å². The number of benzene rings is 1. The van der Waals surface area contributed by atoms with Crippen LogP contribution >= 0.6 is 23.4 Å². The van der Waals surface area contributed by atoms with Crippen molar-refractivity contribution in [3.63, 3.8) is 0 Å². The lowest BCUT2D eigenvalue weighted by Gasteiger charge is -2.25. The molecular formula is C20H19ClF3N2O3S+. The quantitative estimate of drug-likeness (QED) is 0.446. The Hall–Kier alpha value is -2.23. The van der Waals surface area contributed by atoms with E-state index < -0.39 is 17.6 Å². The molecule has 1 aliphatic heterocycles. The Morgan fingerprint density at radius 3 is 2.50 bits per heavy atom. The third-order valence-electron chi connectivity index (χ3n) is 4.33. The molecule has 0 unspecified atom stereocenters. The van der Waals surface area contributed by atoms with Crippen molar-refractivity contribution in [2.24, 2.45) is 0 Å². The number of carbonyl (C=O) groups excluding carboxylic acids is 2. The van der Waals surface area contributed by atoms with Gasteiger partial charge in [0.25, 0.3) is 11.1 Å². The van der Waals surface area contributed by atoms with E-state index in [-0.39, 0.29) is 38.8 Å². The maximum Gasteiger partial charge on any atom is 0.416 e. The molecule has 0 N–H and O–H groups in total. The van der Waals surface area contributed by atoms with Crippen molar-refractivity contribution in [2.75, 3.05) is 34.2 Å². The van der Waals surface area contributed by atoms with Crippen LogP contribution in [0.5, 0.6) is 0 Å². The minimum atomic E-state index is -4.51. The van der Waals surface area contributed by atoms with Gasteiger partial charge in [-0.2, -0.15) is 13.2 Å². The lowest BCUT2D eigenvalue weighted by molar-refractivity contribution is -0.869. The Labute approximate surface area is 180 Å². The molecule has 30 heavy (non-hydrogen) atoms. The molecule has 10 heteroatoms. The fourth-order valence-corrected chi connectivity index (χ4v) is 3.74. The average molecular weight is 460 g/mol. The van der Waals surface area contributed by atoms with Crippen LogP contribution in [0.1, 0.15) is 11.3 Å². The van der Waals surface area contributed by atoms with Gasteiger partial charge >= 0.3 is 6.18 Å². The highest BCUT2D eigenvalue weighted by molar-refractivity contribution is 8.18. The highest BCUT2D eigenvalue weighted by Gasteiger charge is 2.36. The van der Waals surface area contributed by atoms with Gasteiger partial charge < -0.3 is 8.90 Å². The largest absolute Gasteiger partial charge is 0.457 e. The molecule has 0 radical (unpaired) electrons. The van der Waals surface area contributed by atoms with Crippen molar-refractivity contribution >= 4 is 40.6 Å². The zero-order chi connectivity index (χ0) is 22.3. The van der Waals surface area contributed by atoms with Crippen molar-refractivity contribution in [1.29, 1.82) is 0 Å². The van der Waals surface area contributed by atoms with Crippen LogP contribution in [0, 0.1) is 0 Å². The average Bonchev–Trinajstić information content (AvgIpc) is 3.17. The van der Waals surface area contributed by atoms with Gasteiger partial charge in [0.1, 0.15) is 11.5 Å². The minimum Gasteiger partial charge on any atom is -0.457 e. The van der Waals surface area contributed by atoms with Crippen molar-refractivity contribution in [1.82, 2.24) is 4.90 Å². The second kappa shape index (κ2) is 8.13. The van der Waals surface area contributed by atoms with Crippen LogP contribution in [-0.4, -0.2) is 54.8 Å². The van der Waals surface area contributed by atoms with Gasteiger partial charge in [-0.3, -0.25) is 14.5 Å². The zero-order valence-electron chi connectivity index (χ0n) is 16.4. The molecule has 1 saturated heterocycles. The van der Waals surface area contributed by atoms with Crippen LogP contribution in [0.4, 0.5) is 18.0 Å². The Morgan fingerprint density at radius 1 is 1.17 bits per heavy atom. The molecular weight excluding hydrogens is 441 g/mol. The van der Waals surface area contributed by atoms with Gasteiger partial charge in [-0.05, 0) is 42.1 Å². The Balaban J connectivity index is 1.83. The molecule has 0 aliphatic carbocycles. The fraction of sp³-hybridized carbons (Fsp3) is 0.300. The SMILES string of the molecule is C[N+](C)(C)CCN1C(=O)S/C(=C\c2ccc(-c3cc(C(F)(F)F)ccc3Cl)o2)C1=O. The van der Waals surface area contributed by atoms with E-state index in [0.29, 0.717) is 11.0 Å². The predicted octanol–water partition coefficient (Wildman–Crippen LogP) is 5.36. The first-order chi connectivity index (χ1) is 13.8. The summed E-state index contributed by atoms with van der Waals surface area (Å²) in [5.41, 5.74) is -0.764. The van der Waals surface area contributed by atoms with Gasteiger partial charge in [0, 0.05) is 11.6 Å².